The van der Waals surface area contributed by atoms with Crippen LogP contribution in [-0.2, 0) is 24.2 Å². The molecule has 2 atom stereocenters. The number of para-hydroxylation sites is 1. The lowest BCUT2D eigenvalue weighted by molar-refractivity contribution is -0.275. The number of carbonyl (C=O) groups is 2. The van der Waals surface area contributed by atoms with Gasteiger partial charge in [-0.3, -0.25) is 14.8 Å². The maximum Gasteiger partial charge on any atom is 0.355 e. The van der Waals surface area contributed by atoms with Gasteiger partial charge in [0.1, 0.15) is 11.6 Å². The van der Waals surface area contributed by atoms with Crippen molar-refractivity contribution in [2.75, 3.05) is 16.8 Å². The van der Waals surface area contributed by atoms with Crippen LogP contribution in [0.1, 0.15) is 111 Å². The largest absolute Gasteiger partial charge is 0.508 e. The van der Waals surface area contributed by atoms with Crippen LogP contribution in [0.3, 0.4) is 0 Å². The van der Waals surface area contributed by atoms with Gasteiger partial charge >= 0.3 is 5.97 Å². The first kappa shape index (κ1) is 36.8. The maximum atomic E-state index is 13.6. The van der Waals surface area contributed by atoms with Gasteiger partial charge in [0.05, 0.1) is 27.6 Å². The molecule has 4 bridgehead atoms. The second kappa shape index (κ2) is 12.6. The summed E-state index contributed by atoms with van der Waals surface area (Å²) in [6.07, 6.45) is 8.96. The Morgan fingerprint density at radius 1 is 0.929 bits per heavy atom. The van der Waals surface area contributed by atoms with Crippen LogP contribution in [0.2, 0.25) is 0 Å². The minimum absolute atomic E-state index is 0.0401. The molecule has 0 spiro atoms. The van der Waals surface area contributed by atoms with E-state index in [0.29, 0.717) is 46.2 Å². The number of phenols is 1. The van der Waals surface area contributed by atoms with Crippen LogP contribution in [0.15, 0.2) is 54.7 Å². The van der Waals surface area contributed by atoms with Gasteiger partial charge in [-0.15, -0.1) is 0 Å². The van der Waals surface area contributed by atoms with Gasteiger partial charge in [0, 0.05) is 47.6 Å². The van der Waals surface area contributed by atoms with Crippen molar-refractivity contribution in [1.29, 1.82) is 0 Å². The number of aromatic hydroxyl groups is 1. The van der Waals surface area contributed by atoms with E-state index in [2.05, 4.69) is 49.6 Å². The number of carboxylic acids is 1. The van der Waals surface area contributed by atoms with Gasteiger partial charge in [-0.05, 0) is 131 Å². The minimum Gasteiger partial charge on any atom is -0.508 e. The number of benzene rings is 2. The molecule has 10 rings (SSSR count). The fraction of sp³-hybridized carbons (Fsp3) is 0.477. The molecule has 4 heterocycles. The van der Waals surface area contributed by atoms with Crippen LogP contribution in [0.5, 0.6) is 5.75 Å². The molecular weight excluding hydrogens is 725 g/mol. The van der Waals surface area contributed by atoms with Crippen LogP contribution in [0.25, 0.3) is 21.3 Å². The van der Waals surface area contributed by atoms with Gasteiger partial charge in [-0.25, -0.2) is 14.8 Å². The third kappa shape index (κ3) is 6.44. The minimum atomic E-state index is -1.12. The Bertz CT molecular complexity index is 2370. The Morgan fingerprint density at radius 2 is 1.68 bits per heavy atom. The third-order valence-corrected chi connectivity index (χ3v) is 13.6. The number of fused-ring (bicyclic) bond motifs is 2. The number of carboxylic acid groups (broad SMARTS) is 1. The monoisotopic (exact) mass is 774 g/mol. The summed E-state index contributed by atoms with van der Waals surface area (Å²) in [7, 11) is 0. The molecule has 2 unspecified atom stereocenters. The van der Waals surface area contributed by atoms with Crippen LogP contribution < -0.4 is 10.2 Å². The highest BCUT2D eigenvalue weighted by molar-refractivity contribution is 7.22. The number of thiazole rings is 1. The Kier molecular flexibility index (Phi) is 8.28. The second-order valence-corrected chi connectivity index (χ2v) is 20.0. The summed E-state index contributed by atoms with van der Waals surface area (Å²) >= 11 is 1.40. The van der Waals surface area contributed by atoms with E-state index in [1.807, 2.05) is 48.2 Å². The molecule has 5 aromatic rings. The van der Waals surface area contributed by atoms with Crippen molar-refractivity contribution in [1.82, 2.24) is 19.7 Å². The fourth-order valence-corrected chi connectivity index (χ4v) is 13.0. The normalized spacial score (nSPS) is 26.8. The molecular formula is C44H50N6O5S. The molecule has 4 aliphatic carbocycles. The van der Waals surface area contributed by atoms with E-state index < -0.39 is 5.97 Å². The molecule has 0 saturated heterocycles. The topological polar surface area (TPSA) is 143 Å². The Morgan fingerprint density at radius 3 is 2.39 bits per heavy atom. The number of nitrogens with one attached hydrogen (secondary N) is 1. The smallest absolute Gasteiger partial charge is 0.355 e. The average Bonchev–Trinajstić information content (AvgIpc) is 3.66. The summed E-state index contributed by atoms with van der Waals surface area (Å²) < 4.78 is 10.0. The first-order valence-corrected chi connectivity index (χ1v) is 20.5. The van der Waals surface area contributed by atoms with Crippen LogP contribution in [-0.4, -0.2) is 59.6 Å². The van der Waals surface area contributed by atoms with Crippen molar-refractivity contribution < 1.29 is 24.5 Å². The highest BCUT2D eigenvalue weighted by Gasteiger charge is 2.66. The van der Waals surface area contributed by atoms with Crippen molar-refractivity contribution in [3.63, 3.8) is 0 Å². The number of amides is 1. The number of hydrogen-bond donors (Lipinski definition) is 3. The molecule has 4 saturated carbocycles. The molecule has 292 valence electrons. The summed E-state index contributed by atoms with van der Waals surface area (Å²) in [6, 6.07) is 14.6. The molecule has 1 aliphatic heterocycles. The zero-order valence-electron chi connectivity index (χ0n) is 33.0. The van der Waals surface area contributed by atoms with Crippen LogP contribution in [0.4, 0.5) is 10.9 Å². The number of hydrogen-bond acceptors (Lipinski definition) is 9. The van der Waals surface area contributed by atoms with E-state index in [-0.39, 0.29) is 51.3 Å². The van der Waals surface area contributed by atoms with E-state index in [1.165, 1.54) is 17.8 Å². The molecule has 56 heavy (non-hydrogen) atoms. The number of nitrogens with zero attached hydrogens (tertiary/aromatic N) is 5. The maximum absolute atomic E-state index is 13.6. The highest BCUT2D eigenvalue weighted by atomic mass is 32.1. The van der Waals surface area contributed by atoms with Crippen LogP contribution in [0, 0.1) is 23.2 Å². The first-order chi connectivity index (χ1) is 26.4. The number of aromatic carboxylic acids is 1. The van der Waals surface area contributed by atoms with Gasteiger partial charge in [-0.2, -0.15) is 5.10 Å². The molecule has 1 amide bonds. The summed E-state index contributed by atoms with van der Waals surface area (Å²) in [6.45, 7) is 15.0. The van der Waals surface area contributed by atoms with Crippen molar-refractivity contribution in [2.45, 2.75) is 111 Å². The summed E-state index contributed by atoms with van der Waals surface area (Å²) in [4.78, 5) is 37.8. The van der Waals surface area contributed by atoms with Gasteiger partial charge < -0.3 is 19.8 Å². The number of anilines is 2. The zero-order valence-corrected chi connectivity index (χ0v) is 33.8. The van der Waals surface area contributed by atoms with E-state index in [1.54, 1.807) is 18.3 Å². The van der Waals surface area contributed by atoms with Gasteiger partial charge in [0.2, 0.25) is 0 Å². The van der Waals surface area contributed by atoms with Gasteiger partial charge in [0.15, 0.2) is 10.8 Å². The standard InChI is InChI=1S/C44H50N6O5S/c1-26-30(17-45-50(26)25-43-20-41(5)19-42(6,21-43)23-44(22-41,24-43)55-40(2,3)4)28-12-14-35(47-36(28)38(53)54)49-16-15-27-31(18-49)29(11-13-33(27)51)37(52)48-39-46-32-9-7-8-10-34(32)56-39/h7-14,17,51H,15-16,18-25H2,1-6H3,(H,53,54)(H,46,48,52). The number of ether oxygens (including phenoxy) is 1. The number of aromatic nitrogens is 4. The number of carbonyl (C=O) groups excluding carboxylic acids is 1. The van der Waals surface area contributed by atoms with E-state index in [4.69, 9.17) is 14.8 Å². The number of pyridine rings is 1. The highest BCUT2D eigenvalue weighted by Crippen LogP contribution is 2.72. The molecule has 0 radical (unpaired) electrons. The second-order valence-electron chi connectivity index (χ2n) is 19.0. The first-order valence-electron chi connectivity index (χ1n) is 19.7. The summed E-state index contributed by atoms with van der Waals surface area (Å²) in [5.74, 6) is -0.824. The lowest BCUT2D eigenvalue weighted by atomic mass is 9.39. The predicted molar refractivity (Wildman–Crippen MR) is 218 cm³/mol. The van der Waals surface area contributed by atoms with Gasteiger partial charge in [-0.1, -0.05) is 37.3 Å². The van der Waals surface area contributed by atoms with E-state index in [9.17, 15) is 19.8 Å². The van der Waals surface area contributed by atoms with Gasteiger partial charge in [0.25, 0.3) is 5.91 Å². The Balaban J connectivity index is 0.984. The van der Waals surface area contributed by atoms with Crippen LogP contribution >= 0.6 is 11.3 Å². The number of rotatable bonds is 8. The summed E-state index contributed by atoms with van der Waals surface area (Å²) in [5.41, 5.74) is 4.86. The van der Waals surface area contributed by atoms with Crippen molar-refractivity contribution >= 4 is 44.4 Å². The molecule has 2 aromatic carbocycles. The number of phenolic OH excluding ortho intramolecular Hbond substituents is 1. The van der Waals surface area contributed by atoms with Crippen molar-refractivity contribution in [2.24, 2.45) is 16.2 Å². The van der Waals surface area contributed by atoms with Crippen molar-refractivity contribution in [3.05, 3.63) is 82.8 Å². The quantitative estimate of drug-likeness (QED) is 0.141. The van der Waals surface area contributed by atoms with E-state index in [0.717, 1.165) is 60.1 Å². The fourth-order valence-electron chi connectivity index (χ4n) is 12.1. The Labute approximate surface area is 331 Å². The zero-order chi connectivity index (χ0) is 39.4. The average molecular weight is 775 g/mol. The molecule has 4 fully saturated rings. The molecule has 11 nitrogen and oxygen atoms in total. The molecule has 3 aromatic heterocycles. The summed E-state index contributed by atoms with van der Waals surface area (Å²) in [5, 5.41) is 29.7. The molecule has 5 aliphatic rings. The lowest BCUT2D eigenvalue weighted by Gasteiger charge is -2.70. The third-order valence-electron chi connectivity index (χ3n) is 12.6. The molecule has 12 heteroatoms. The van der Waals surface area contributed by atoms with E-state index >= 15 is 0 Å². The SMILES string of the molecule is Cc1c(-c2ccc(N3CCc4c(O)ccc(C(=O)Nc5nc6ccccc6s5)c4C3)nc2C(=O)O)cnn1CC12CC3(C)CC(C)(C1)CC(OC(C)(C)C)(C3)C2. The predicted octanol–water partition coefficient (Wildman–Crippen LogP) is 9.02. The van der Waals surface area contributed by atoms with Crippen molar-refractivity contribution in [3.8, 4) is 16.9 Å². The lowest BCUT2D eigenvalue weighted by Crippen LogP contribution is -2.65. The Hall–Kier alpha value is -4.81. The molecule has 3 N–H and O–H groups in total.